The molecule has 6 heteroatoms. The maximum atomic E-state index is 13.7. The first-order valence-corrected chi connectivity index (χ1v) is 7.06. The van der Waals surface area contributed by atoms with Gasteiger partial charge in [-0.15, -0.1) is 11.3 Å². The Balaban J connectivity index is 2.10. The van der Waals surface area contributed by atoms with Crippen molar-refractivity contribution in [2.75, 3.05) is 6.61 Å². The lowest BCUT2D eigenvalue weighted by molar-refractivity contribution is 0.0947. The minimum Gasteiger partial charge on any atom is -0.384 e. The van der Waals surface area contributed by atoms with Crippen LogP contribution in [-0.4, -0.2) is 22.6 Å². The van der Waals surface area contributed by atoms with Gasteiger partial charge in [-0.25, -0.2) is 9.37 Å². The van der Waals surface area contributed by atoms with E-state index in [-0.39, 0.29) is 18.7 Å². The first kappa shape index (κ1) is 15.2. The van der Waals surface area contributed by atoms with Gasteiger partial charge >= 0.3 is 0 Å². The Hall–Kier alpha value is -2.23. The molecule has 0 unspecified atom stereocenters. The minimum atomic E-state index is -0.614. The number of nitrogens with zero attached hydrogens (tertiary/aromatic N) is 1. The summed E-state index contributed by atoms with van der Waals surface area (Å²) >= 11 is 1.44. The third-order valence-electron chi connectivity index (χ3n) is 2.59. The predicted molar refractivity (Wildman–Crippen MR) is 78.4 cm³/mol. The Morgan fingerprint density at radius 3 is 3.00 bits per heavy atom. The lowest BCUT2D eigenvalue weighted by Crippen LogP contribution is -2.23. The SMILES string of the molecule is Cc1csc(CNC(=O)c2cc(C#CCO)ccc2F)n1. The Labute approximate surface area is 125 Å². The van der Waals surface area contributed by atoms with Gasteiger partial charge in [-0.05, 0) is 25.1 Å². The van der Waals surface area contributed by atoms with Crippen LogP contribution in [0.2, 0.25) is 0 Å². The number of thiazole rings is 1. The van der Waals surface area contributed by atoms with Gasteiger partial charge < -0.3 is 10.4 Å². The molecule has 0 spiro atoms. The highest BCUT2D eigenvalue weighted by Gasteiger charge is 2.12. The monoisotopic (exact) mass is 304 g/mol. The van der Waals surface area contributed by atoms with Gasteiger partial charge in [-0.2, -0.15) is 0 Å². The van der Waals surface area contributed by atoms with Crippen LogP contribution in [0.3, 0.4) is 0 Å². The van der Waals surface area contributed by atoms with Crippen LogP contribution in [0.4, 0.5) is 4.39 Å². The summed E-state index contributed by atoms with van der Waals surface area (Å²) in [6.45, 7) is 1.83. The second-order valence-corrected chi connectivity index (χ2v) is 5.16. The first-order valence-electron chi connectivity index (χ1n) is 6.18. The Morgan fingerprint density at radius 2 is 2.33 bits per heavy atom. The lowest BCUT2D eigenvalue weighted by atomic mass is 10.1. The number of aryl methyl sites for hydroxylation is 1. The van der Waals surface area contributed by atoms with E-state index >= 15 is 0 Å². The smallest absolute Gasteiger partial charge is 0.254 e. The second kappa shape index (κ2) is 6.97. The molecule has 108 valence electrons. The highest BCUT2D eigenvalue weighted by atomic mass is 32.1. The number of hydrogen-bond acceptors (Lipinski definition) is 4. The van der Waals surface area contributed by atoms with E-state index in [1.165, 1.54) is 29.5 Å². The van der Waals surface area contributed by atoms with Crippen molar-refractivity contribution in [3.8, 4) is 11.8 Å². The molecule has 0 atom stereocenters. The summed E-state index contributed by atoms with van der Waals surface area (Å²) in [4.78, 5) is 16.2. The molecule has 0 saturated carbocycles. The average Bonchev–Trinajstić information content (AvgIpc) is 2.89. The van der Waals surface area contributed by atoms with Crippen molar-refractivity contribution in [3.63, 3.8) is 0 Å². The Bertz CT molecular complexity index is 716. The number of aromatic nitrogens is 1. The maximum Gasteiger partial charge on any atom is 0.254 e. The lowest BCUT2D eigenvalue weighted by Gasteiger charge is -2.05. The third-order valence-corrected chi connectivity index (χ3v) is 3.56. The summed E-state index contributed by atoms with van der Waals surface area (Å²) in [6, 6.07) is 4.00. The number of carbonyl (C=O) groups excluding carboxylic acids is 1. The third kappa shape index (κ3) is 4.12. The van der Waals surface area contributed by atoms with Crippen molar-refractivity contribution < 1.29 is 14.3 Å². The van der Waals surface area contributed by atoms with Gasteiger partial charge in [0.15, 0.2) is 0 Å². The second-order valence-electron chi connectivity index (χ2n) is 4.22. The molecular weight excluding hydrogens is 291 g/mol. The number of aliphatic hydroxyl groups excluding tert-OH is 1. The molecule has 0 aliphatic carbocycles. The van der Waals surface area contributed by atoms with E-state index in [0.29, 0.717) is 5.56 Å². The molecule has 1 amide bonds. The fourth-order valence-corrected chi connectivity index (χ4v) is 2.37. The van der Waals surface area contributed by atoms with Gasteiger partial charge in [-0.1, -0.05) is 11.8 Å². The normalized spacial score (nSPS) is 9.86. The van der Waals surface area contributed by atoms with E-state index in [2.05, 4.69) is 22.1 Å². The molecule has 0 fully saturated rings. The summed E-state index contributed by atoms with van der Waals surface area (Å²) in [5, 5.41) is 13.9. The molecule has 21 heavy (non-hydrogen) atoms. The summed E-state index contributed by atoms with van der Waals surface area (Å²) < 4.78 is 13.7. The quantitative estimate of drug-likeness (QED) is 0.851. The van der Waals surface area contributed by atoms with E-state index < -0.39 is 11.7 Å². The number of halogens is 1. The van der Waals surface area contributed by atoms with Crippen LogP contribution in [0.15, 0.2) is 23.6 Å². The molecule has 2 rings (SSSR count). The largest absolute Gasteiger partial charge is 0.384 e. The molecule has 0 bridgehead atoms. The molecule has 1 heterocycles. The molecule has 1 aromatic heterocycles. The van der Waals surface area contributed by atoms with Crippen LogP contribution in [0.5, 0.6) is 0 Å². The molecule has 0 radical (unpaired) electrons. The molecule has 1 aromatic carbocycles. The van der Waals surface area contributed by atoms with Crippen molar-refractivity contribution in [1.29, 1.82) is 0 Å². The van der Waals surface area contributed by atoms with Crippen molar-refractivity contribution >= 4 is 17.2 Å². The van der Waals surface area contributed by atoms with Gasteiger partial charge in [-0.3, -0.25) is 4.79 Å². The summed E-state index contributed by atoms with van der Waals surface area (Å²) in [7, 11) is 0. The number of nitrogens with one attached hydrogen (secondary N) is 1. The van der Waals surface area contributed by atoms with Crippen LogP contribution < -0.4 is 5.32 Å². The van der Waals surface area contributed by atoms with Crippen LogP contribution in [-0.2, 0) is 6.54 Å². The highest BCUT2D eigenvalue weighted by molar-refractivity contribution is 7.09. The summed E-state index contributed by atoms with van der Waals surface area (Å²) in [5.74, 6) is 3.96. The zero-order chi connectivity index (χ0) is 15.2. The molecule has 2 aromatic rings. The highest BCUT2D eigenvalue weighted by Crippen LogP contribution is 2.12. The van der Waals surface area contributed by atoms with Crippen molar-refractivity contribution in [1.82, 2.24) is 10.3 Å². The van der Waals surface area contributed by atoms with Crippen LogP contribution in [0.1, 0.15) is 26.6 Å². The van der Waals surface area contributed by atoms with Gasteiger partial charge in [0, 0.05) is 16.6 Å². The fourth-order valence-electron chi connectivity index (χ4n) is 1.65. The molecular formula is C15H13FN2O2S. The van der Waals surface area contributed by atoms with E-state index in [1.54, 1.807) is 0 Å². The Kier molecular flexibility index (Phi) is 5.04. The standard InChI is InChI=1S/C15H13FN2O2S/c1-10-9-21-14(18-10)8-17-15(20)12-7-11(3-2-6-19)4-5-13(12)16/h4-5,7,9,19H,6,8H2,1H3,(H,17,20). The molecule has 4 nitrogen and oxygen atoms in total. The topological polar surface area (TPSA) is 62.2 Å². The maximum absolute atomic E-state index is 13.7. The zero-order valence-electron chi connectivity index (χ0n) is 11.3. The number of carbonyl (C=O) groups is 1. The minimum absolute atomic E-state index is 0.0759. The molecule has 0 saturated heterocycles. The average molecular weight is 304 g/mol. The van der Waals surface area contributed by atoms with Crippen LogP contribution in [0, 0.1) is 24.6 Å². The molecule has 0 aliphatic rings. The van der Waals surface area contributed by atoms with Gasteiger partial charge in [0.05, 0.1) is 12.1 Å². The van der Waals surface area contributed by atoms with Gasteiger partial charge in [0.1, 0.15) is 17.4 Å². The number of amides is 1. The van der Waals surface area contributed by atoms with Crippen LogP contribution in [0.25, 0.3) is 0 Å². The summed E-state index contributed by atoms with van der Waals surface area (Å²) in [6.07, 6.45) is 0. The van der Waals surface area contributed by atoms with Crippen molar-refractivity contribution in [2.24, 2.45) is 0 Å². The number of benzene rings is 1. The number of aliphatic hydroxyl groups is 1. The van der Waals surface area contributed by atoms with E-state index in [9.17, 15) is 9.18 Å². The summed E-state index contributed by atoms with van der Waals surface area (Å²) in [5.41, 5.74) is 1.28. The van der Waals surface area contributed by atoms with Crippen LogP contribution >= 0.6 is 11.3 Å². The number of rotatable bonds is 3. The van der Waals surface area contributed by atoms with Crippen molar-refractivity contribution in [3.05, 3.63) is 51.2 Å². The Morgan fingerprint density at radius 1 is 1.52 bits per heavy atom. The molecule has 2 N–H and O–H groups in total. The van der Waals surface area contributed by atoms with Gasteiger partial charge in [0.2, 0.25) is 0 Å². The first-order chi connectivity index (χ1) is 10.1. The number of hydrogen-bond donors (Lipinski definition) is 2. The van der Waals surface area contributed by atoms with E-state index in [1.807, 2.05) is 12.3 Å². The van der Waals surface area contributed by atoms with E-state index in [0.717, 1.165) is 10.7 Å². The van der Waals surface area contributed by atoms with E-state index in [4.69, 9.17) is 5.11 Å². The van der Waals surface area contributed by atoms with Gasteiger partial charge in [0.25, 0.3) is 5.91 Å². The molecule has 0 aliphatic heterocycles. The zero-order valence-corrected chi connectivity index (χ0v) is 12.1. The fraction of sp³-hybridized carbons (Fsp3) is 0.200. The van der Waals surface area contributed by atoms with Crippen molar-refractivity contribution in [2.45, 2.75) is 13.5 Å². The predicted octanol–water partition coefficient (Wildman–Crippen LogP) is 1.86.